The number of carbonyl (C=O) groups is 2. The summed E-state index contributed by atoms with van der Waals surface area (Å²) >= 11 is 0. The number of likely N-dealkylation sites (tertiary alicyclic amines) is 1. The molecule has 1 fully saturated rings. The Morgan fingerprint density at radius 3 is 2.54 bits per heavy atom. The highest BCUT2D eigenvalue weighted by Crippen LogP contribution is 2.26. The van der Waals surface area contributed by atoms with E-state index in [9.17, 15) is 9.59 Å². The lowest BCUT2D eigenvalue weighted by atomic mass is 9.96. The molecule has 1 heterocycles. The third kappa shape index (κ3) is 4.82. The standard InChI is InChI=1S/C22H27N3O3/c1-3-16-7-6-8-18(15-16)23-22(27)25-13-11-17(12-14-25)21(26)24-19-9-4-5-10-20(19)28-2/h4-10,15,17H,3,11-14H2,1-2H3,(H,23,27)(H,24,26). The van der Waals surface area contributed by atoms with Gasteiger partial charge >= 0.3 is 6.03 Å². The summed E-state index contributed by atoms with van der Waals surface area (Å²) in [7, 11) is 1.58. The van der Waals surface area contributed by atoms with Crippen molar-refractivity contribution in [2.45, 2.75) is 26.2 Å². The molecule has 0 bridgehead atoms. The normalized spacial score (nSPS) is 14.4. The SMILES string of the molecule is CCc1cccc(NC(=O)N2CCC(C(=O)Nc3ccccc3OC)CC2)c1. The highest BCUT2D eigenvalue weighted by atomic mass is 16.5. The first-order valence-corrected chi connectivity index (χ1v) is 9.69. The van der Waals surface area contributed by atoms with Crippen LogP contribution in [0, 0.1) is 5.92 Å². The Labute approximate surface area is 165 Å². The number of nitrogens with one attached hydrogen (secondary N) is 2. The second kappa shape index (κ2) is 9.26. The summed E-state index contributed by atoms with van der Waals surface area (Å²) in [6.45, 7) is 3.20. The van der Waals surface area contributed by atoms with Crippen molar-refractivity contribution >= 4 is 23.3 Å². The second-order valence-corrected chi connectivity index (χ2v) is 6.93. The van der Waals surface area contributed by atoms with E-state index >= 15 is 0 Å². The van der Waals surface area contributed by atoms with Gasteiger partial charge in [0.1, 0.15) is 5.75 Å². The summed E-state index contributed by atoms with van der Waals surface area (Å²) in [6.07, 6.45) is 2.21. The molecule has 1 saturated heterocycles. The fraction of sp³-hybridized carbons (Fsp3) is 0.364. The fourth-order valence-corrected chi connectivity index (χ4v) is 3.40. The van der Waals surface area contributed by atoms with Crippen molar-refractivity contribution in [3.63, 3.8) is 0 Å². The molecule has 2 aromatic carbocycles. The lowest BCUT2D eigenvalue weighted by molar-refractivity contribution is -0.121. The van der Waals surface area contributed by atoms with Gasteiger partial charge in [-0.05, 0) is 49.1 Å². The number of carbonyl (C=O) groups excluding carboxylic acids is 2. The van der Waals surface area contributed by atoms with Crippen LogP contribution in [0.2, 0.25) is 0 Å². The van der Waals surface area contributed by atoms with Gasteiger partial charge in [0.05, 0.1) is 12.8 Å². The molecule has 28 heavy (non-hydrogen) atoms. The highest BCUT2D eigenvalue weighted by Gasteiger charge is 2.27. The summed E-state index contributed by atoms with van der Waals surface area (Å²) in [4.78, 5) is 26.9. The van der Waals surface area contributed by atoms with Crippen molar-refractivity contribution in [1.29, 1.82) is 0 Å². The quantitative estimate of drug-likeness (QED) is 0.818. The maximum absolute atomic E-state index is 12.6. The number of urea groups is 1. The topological polar surface area (TPSA) is 70.7 Å². The molecule has 1 aliphatic rings. The molecule has 2 N–H and O–H groups in total. The Morgan fingerprint density at radius 1 is 1.07 bits per heavy atom. The molecular formula is C22H27N3O3. The van der Waals surface area contributed by atoms with Crippen LogP contribution in [0.15, 0.2) is 48.5 Å². The maximum Gasteiger partial charge on any atom is 0.321 e. The molecule has 2 aromatic rings. The number of hydrogen-bond donors (Lipinski definition) is 2. The molecule has 1 aliphatic heterocycles. The van der Waals surface area contributed by atoms with E-state index in [1.54, 1.807) is 12.0 Å². The van der Waals surface area contributed by atoms with Crippen molar-refractivity contribution in [2.75, 3.05) is 30.8 Å². The molecule has 0 spiro atoms. The number of amides is 3. The molecule has 0 aliphatic carbocycles. The Hall–Kier alpha value is -3.02. The van der Waals surface area contributed by atoms with E-state index in [0.717, 1.165) is 12.1 Å². The fourth-order valence-electron chi connectivity index (χ4n) is 3.40. The van der Waals surface area contributed by atoms with Crippen LogP contribution in [0.1, 0.15) is 25.3 Å². The smallest absolute Gasteiger partial charge is 0.321 e. The predicted octanol–water partition coefficient (Wildman–Crippen LogP) is 4.14. The van der Waals surface area contributed by atoms with Crippen molar-refractivity contribution in [3.05, 3.63) is 54.1 Å². The number of rotatable bonds is 5. The minimum absolute atomic E-state index is 0.0276. The van der Waals surface area contributed by atoms with E-state index in [1.165, 1.54) is 5.56 Å². The first kappa shape index (κ1) is 19.7. The summed E-state index contributed by atoms with van der Waals surface area (Å²) in [5, 5.41) is 5.90. The number of benzene rings is 2. The monoisotopic (exact) mass is 381 g/mol. The first-order valence-electron chi connectivity index (χ1n) is 9.69. The van der Waals surface area contributed by atoms with Gasteiger partial charge < -0.3 is 20.3 Å². The Bertz CT molecular complexity index is 829. The van der Waals surface area contributed by atoms with Gasteiger partial charge in [0.25, 0.3) is 0 Å². The highest BCUT2D eigenvalue weighted by molar-refractivity contribution is 5.94. The van der Waals surface area contributed by atoms with Crippen LogP contribution in [0.25, 0.3) is 0 Å². The molecule has 0 atom stereocenters. The van der Waals surface area contributed by atoms with Crippen LogP contribution in [0.4, 0.5) is 16.2 Å². The number of aryl methyl sites for hydroxylation is 1. The number of methoxy groups -OCH3 is 1. The largest absolute Gasteiger partial charge is 0.495 e. The van der Waals surface area contributed by atoms with Gasteiger partial charge in [-0.2, -0.15) is 0 Å². The molecule has 3 amide bonds. The minimum Gasteiger partial charge on any atom is -0.495 e. The summed E-state index contributed by atoms with van der Waals surface area (Å²) in [5.41, 5.74) is 2.66. The van der Waals surface area contributed by atoms with Gasteiger partial charge in [-0.1, -0.05) is 31.2 Å². The predicted molar refractivity (Wildman–Crippen MR) is 111 cm³/mol. The molecular weight excluding hydrogens is 354 g/mol. The van der Waals surface area contributed by atoms with E-state index in [1.807, 2.05) is 48.5 Å². The van der Waals surface area contributed by atoms with Gasteiger partial charge in [-0.3, -0.25) is 4.79 Å². The van der Waals surface area contributed by atoms with Crippen LogP contribution < -0.4 is 15.4 Å². The molecule has 0 aromatic heterocycles. The molecule has 0 saturated carbocycles. The average molecular weight is 381 g/mol. The third-order valence-corrected chi connectivity index (χ3v) is 5.10. The molecule has 148 valence electrons. The Balaban J connectivity index is 1.52. The Morgan fingerprint density at radius 2 is 1.82 bits per heavy atom. The summed E-state index contributed by atoms with van der Waals surface area (Å²) in [6, 6.07) is 15.1. The number of anilines is 2. The van der Waals surface area contributed by atoms with Gasteiger partial charge in [0.2, 0.25) is 5.91 Å². The molecule has 6 heteroatoms. The summed E-state index contributed by atoms with van der Waals surface area (Å²) in [5.74, 6) is 0.500. The zero-order valence-corrected chi connectivity index (χ0v) is 16.4. The molecule has 3 rings (SSSR count). The van der Waals surface area contributed by atoms with Crippen LogP contribution in [-0.4, -0.2) is 37.0 Å². The Kier molecular flexibility index (Phi) is 6.53. The number of hydrogen-bond acceptors (Lipinski definition) is 3. The molecule has 0 radical (unpaired) electrons. The zero-order chi connectivity index (χ0) is 19.9. The minimum atomic E-state index is -0.114. The average Bonchev–Trinajstić information content (AvgIpc) is 2.74. The number of piperidine rings is 1. The lowest BCUT2D eigenvalue weighted by Crippen LogP contribution is -2.43. The van der Waals surface area contributed by atoms with E-state index in [4.69, 9.17) is 4.74 Å². The molecule has 0 unspecified atom stereocenters. The van der Waals surface area contributed by atoms with E-state index < -0.39 is 0 Å². The van der Waals surface area contributed by atoms with E-state index in [-0.39, 0.29) is 17.9 Å². The van der Waals surface area contributed by atoms with Crippen molar-refractivity contribution in [2.24, 2.45) is 5.92 Å². The van der Waals surface area contributed by atoms with Crippen molar-refractivity contribution in [1.82, 2.24) is 4.90 Å². The van der Waals surface area contributed by atoms with Crippen molar-refractivity contribution in [3.8, 4) is 5.75 Å². The second-order valence-electron chi connectivity index (χ2n) is 6.93. The van der Waals surface area contributed by atoms with Gasteiger partial charge in [0, 0.05) is 24.7 Å². The number of nitrogens with zero attached hydrogens (tertiary/aromatic N) is 1. The van der Waals surface area contributed by atoms with Gasteiger partial charge in [-0.25, -0.2) is 4.79 Å². The lowest BCUT2D eigenvalue weighted by Gasteiger charge is -2.31. The maximum atomic E-state index is 12.6. The first-order chi connectivity index (χ1) is 13.6. The van der Waals surface area contributed by atoms with Crippen LogP contribution >= 0.6 is 0 Å². The van der Waals surface area contributed by atoms with Crippen molar-refractivity contribution < 1.29 is 14.3 Å². The van der Waals surface area contributed by atoms with Crippen LogP contribution in [0.3, 0.4) is 0 Å². The van der Waals surface area contributed by atoms with Gasteiger partial charge in [-0.15, -0.1) is 0 Å². The van der Waals surface area contributed by atoms with Crippen LogP contribution in [0.5, 0.6) is 5.75 Å². The van der Waals surface area contributed by atoms with E-state index in [0.29, 0.717) is 37.4 Å². The van der Waals surface area contributed by atoms with Gasteiger partial charge in [0.15, 0.2) is 0 Å². The zero-order valence-electron chi connectivity index (χ0n) is 16.4. The number of para-hydroxylation sites is 2. The van der Waals surface area contributed by atoms with E-state index in [2.05, 4.69) is 17.6 Å². The third-order valence-electron chi connectivity index (χ3n) is 5.10. The number of ether oxygens (including phenoxy) is 1. The van der Waals surface area contributed by atoms with Crippen LogP contribution in [-0.2, 0) is 11.2 Å². The molecule has 6 nitrogen and oxygen atoms in total. The summed E-state index contributed by atoms with van der Waals surface area (Å²) < 4.78 is 5.28.